The minimum atomic E-state index is -0.0887. The lowest BCUT2D eigenvalue weighted by Gasteiger charge is -2.15. The zero-order valence-corrected chi connectivity index (χ0v) is 20.6. The van der Waals surface area contributed by atoms with Gasteiger partial charge >= 0.3 is 0 Å². The maximum atomic E-state index is 11.6. The van der Waals surface area contributed by atoms with E-state index >= 15 is 0 Å². The third-order valence-electron chi connectivity index (χ3n) is 4.34. The summed E-state index contributed by atoms with van der Waals surface area (Å²) < 4.78 is 5.90. The first-order valence-corrected chi connectivity index (χ1v) is 10.1. The van der Waals surface area contributed by atoms with Crippen molar-refractivity contribution in [2.45, 2.75) is 40.3 Å². The van der Waals surface area contributed by atoms with Crippen molar-refractivity contribution in [2.24, 2.45) is 4.99 Å². The Labute approximate surface area is 196 Å². The van der Waals surface area contributed by atoms with E-state index in [2.05, 4.69) is 53.0 Å². The highest BCUT2D eigenvalue weighted by Gasteiger charge is 2.06. The van der Waals surface area contributed by atoms with E-state index < -0.39 is 0 Å². The summed E-state index contributed by atoms with van der Waals surface area (Å²) in [6.07, 6.45) is 0.976. The summed E-state index contributed by atoms with van der Waals surface area (Å²) in [6.45, 7) is 8.83. The maximum absolute atomic E-state index is 11.6. The lowest BCUT2D eigenvalue weighted by molar-refractivity contribution is 0.0963. The number of halogens is 1. The monoisotopic (exact) mass is 524 g/mol. The summed E-state index contributed by atoms with van der Waals surface area (Å²) in [4.78, 5) is 16.3. The molecule has 1 amide bonds. The smallest absolute Gasteiger partial charge is 0.251 e. The van der Waals surface area contributed by atoms with Crippen molar-refractivity contribution in [1.29, 1.82) is 0 Å². The van der Waals surface area contributed by atoms with Crippen LogP contribution < -0.4 is 20.7 Å². The van der Waals surface area contributed by atoms with Crippen molar-refractivity contribution in [2.75, 3.05) is 20.2 Å². The predicted octanol–water partition coefficient (Wildman–Crippen LogP) is 4.02. The average molecular weight is 524 g/mol. The van der Waals surface area contributed by atoms with Gasteiger partial charge in [0, 0.05) is 31.3 Å². The van der Waals surface area contributed by atoms with E-state index in [0.29, 0.717) is 25.3 Å². The molecule has 6 nitrogen and oxygen atoms in total. The largest absolute Gasteiger partial charge is 0.493 e. The number of benzene rings is 2. The molecule has 0 atom stereocenters. The van der Waals surface area contributed by atoms with Crippen LogP contribution in [0, 0.1) is 6.92 Å². The van der Waals surface area contributed by atoms with Crippen LogP contribution in [-0.4, -0.2) is 32.1 Å². The number of nitrogens with one attached hydrogen (secondary N) is 3. The number of aliphatic imine (C=N–C) groups is 1. The van der Waals surface area contributed by atoms with Crippen molar-refractivity contribution >= 4 is 35.8 Å². The second-order valence-corrected chi connectivity index (χ2v) is 6.78. The Balaban J connectivity index is 0.00000450. The highest BCUT2D eigenvalue weighted by molar-refractivity contribution is 14.0. The fourth-order valence-corrected chi connectivity index (χ4v) is 2.75. The van der Waals surface area contributed by atoms with E-state index in [4.69, 9.17) is 4.74 Å². The number of nitrogens with zero attached hydrogens (tertiary/aromatic N) is 1. The van der Waals surface area contributed by atoms with Gasteiger partial charge in [-0.15, -0.1) is 24.0 Å². The number of amides is 1. The maximum Gasteiger partial charge on any atom is 0.251 e. The van der Waals surface area contributed by atoms with Gasteiger partial charge in [-0.3, -0.25) is 4.79 Å². The Kier molecular flexibility index (Phi) is 11.9. The molecule has 2 aromatic rings. The fourth-order valence-electron chi connectivity index (χ4n) is 2.75. The third kappa shape index (κ3) is 8.22. The zero-order valence-electron chi connectivity index (χ0n) is 18.2. The Morgan fingerprint density at radius 3 is 2.43 bits per heavy atom. The molecule has 2 aromatic carbocycles. The quantitative estimate of drug-likeness (QED) is 0.263. The Hall–Kier alpha value is -2.29. The van der Waals surface area contributed by atoms with Crippen LogP contribution >= 0.6 is 24.0 Å². The number of aryl methyl sites for hydroxylation is 1. The highest BCUT2D eigenvalue weighted by Crippen LogP contribution is 2.20. The Morgan fingerprint density at radius 2 is 1.80 bits per heavy atom. The van der Waals surface area contributed by atoms with Gasteiger partial charge in [0.05, 0.1) is 13.2 Å². The van der Waals surface area contributed by atoms with Crippen LogP contribution in [0.3, 0.4) is 0 Å². The number of hydrogen-bond acceptors (Lipinski definition) is 3. The van der Waals surface area contributed by atoms with Gasteiger partial charge in [0.1, 0.15) is 5.75 Å². The van der Waals surface area contributed by atoms with Crippen LogP contribution in [0.2, 0.25) is 0 Å². The fraction of sp³-hybridized carbons (Fsp3) is 0.391. The molecular formula is C23H33IN4O2. The van der Waals surface area contributed by atoms with Crippen molar-refractivity contribution in [1.82, 2.24) is 16.0 Å². The van der Waals surface area contributed by atoms with Gasteiger partial charge in [0.15, 0.2) is 5.96 Å². The molecule has 164 valence electrons. The molecular weight excluding hydrogens is 491 g/mol. The summed E-state index contributed by atoms with van der Waals surface area (Å²) in [5.74, 6) is 1.57. The first kappa shape index (κ1) is 25.7. The Morgan fingerprint density at radius 1 is 1.07 bits per heavy atom. The van der Waals surface area contributed by atoms with E-state index in [1.807, 2.05) is 31.2 Å². The SMILES string of the molecule is CCCOc1cc(C)ccc1CNC(=NCc1ccc(C(=O)NC)cc1)NCC.I. The standard InChI is InChI=1S/C23H32N4O2.HI/c1-5-13-29-21-14-17(3)7-10-20(21)16-27-23(25-6-2)26-15-18-8-11-19(12-9-18)22(28)24-4;/h7-12,14H,5-6,13,15-16H2,1-4H3,(H,24,28)(H2,25,26,27);1H. The molecule has 0 saturated heterocycles. The lowest BCUT2D eigenvalue weighted by atomic mass is 10.1. The summed E-state index contributed by atoms with van der Waals surface area (Å²) in [6, 6.07) is 13.7. The summed E-state index contributed by atoms with van der Waals surface area (Å²) >= 11 is 0. The second-order valence-electron chi connectivity index (χ2n) is 6.78. The number of rotatable bonds is 9. The first-order valence-electron chi connectivity index (χ1n) is 10.1. The van der Waals surface area contributed by atoms with Gasteiger partial charge in [0.2, 0.25) is 0 Å². The molecule has 0 aromatic heterocycles. The number of carbonyl (C=O) groups excluding carboxylic acids is 1. The molecule has 30 heavy (non-hydrogen) atoms. The van der Waals surface area contributed by atoms with E-state index in [1.165, 1.54) is 5.56 Å². The minimum Gasteiger partial charge on any atom is -0.493 e. The van der Waals surface area contributed by atoms with Crippen molar-refractivity contribution < 1.29 is 9.53 Å². The van der Waals surface area contributed by atoms with Crippen LogP contribution in [0.1, 0.15) is 47.3 Å². The number of hydrogen-bond donors (Lipinski definition) is 3. The average Bonchev–Trinajstić information content (AvgIpc) is 2.74. The van der Waals surface area contributed by atoms with E-state index in [9.17, 15) is 4.79 Å². The molecule has 0 aliphatic rings. The summed E-state index contributed by atoms with van der Waals surface area (Å²) in [5.41, 5.74) is 3.96. The molecule has 0 spiro atoms. The molecule has 0 bridgehead atoms. The molecule has 0 unspecified atom stereocenters. The molecule has 0 fully saturated rings. The summed E-state index contributed by atoms with van der Waals surface area (Å²) in [5, 5.41) is 9.27. The molecule has 7 heteroatoms. The highest BCUT2D eigenvalue weighted by atomic mass is 127. The molecule has 0 radical (unpaired) electrons. The third-order valence-corrected chi connectivity index (χ3v) is 4.34. The van der Waals surface area contributed by atoms with Crippen LogP contribution in [0.25, 0.3) is 0 Å². The van der Waals surface area contributed by atoms with Crippen LogP contribution in [0.4, 0.5) is 0 Å². The van der Waals surface area contributed by atoms with Crippen LogP contribution in [0.5, 0.6) is 5.75 Å². The first-order chi connectivity index (χ1) is 14.1. The van der Waals surface area contributed by atoms with Gasteiger partial charge in [-0.2, -0.15) is 0 Å². The topological polar surface area (TPSA) is 74.8 Å². The molecule has 3 N–H and O–H groups in total. The molecule has 0 saturated carbocycles. The minimum absolute atomic E-state index is 0. The summed E-state index contributed by atoms with van der Waals surface area (Å²) in [7, 11) is 1.63. The molecule has 2 rings (SSSR count). The van der Waals surface area contributed by atoms with Crippen LogP contribution in [-0.2, 0) is 13.1 Å². The van der Waals surface area contributed by atoms with E-state index in [0.717, 1.165) is 35.8 Å². The normalized spacial score (nSPS) is 10.7. The number of ether oxygens (including phenoxy) is 1. The molecule has 0 aliphatic heterocycles. The van der Waals surface area contributed by atoms with Crippen molar-refractivity contribution in [3.63, 3.8) is 0 Å². The van der Waals surface area contributed by atoms with E-state index in [-0.39, 0.29) is 29.9 Å². The van der Waals surface area contributed by atoms with Gasteiger partial charge in [-0.25, -0.2) is 4.99 Å². The zero-order chi connectivity index (χ0) is 21.1. The molecule has 0 aliphatic carbocycles. The van der Waals surface area contributed by atoms with Gasteiger partial charge in [-0.05, 0) is 49.6 Å². The number of carbonyl (C=O) groups is 1. The van der Waals surface area contributed by atoms with Gasteiger partial charge in [-0.1, -0.05) is 31.2 Å². The van der Waals surface area contributed by atoms with Gasteiger partial charge in [0.25, 0.3) is 5.91 Å². The second kappa shape index (κ2) is 13.8. The van der Waals surface area contributed by atoms with Crippen molar-refractivity contribution in [3.8, 4) is 5.75 Å². The van der Waals surface area contributed by atoms with Crippen molar-refractivity contribution in [3.05, 3.63) is 64.7 Å². The van der Waals surface area contributed by atoms with Crippen LogP contribution in [0.15, 0.2) is 47.5 Å². The predicted molar refractivity (Wildman–Crippen MR) is 134 cm³/mol. The lowest BCUT2D eigenvalue weighted by Crippen LogP contribution is -2.36. The van der Waals surface area contributed by atoms with E-state index in [1.54, 1.807) is 7.05 Å². The number of guanidine groups is 1. The van der Waals surface area contributed by atoms with Gasteiger partial charge < -0.3 is 20.7 Å². The molecule has 0 heterocycles. The Bertz CT molecular complexity index is 822.